The summed E-state index contributed by atoms with van der Waals surface area (Å²) in [5.41, 5.74) is 2.04. The van der Waals surface area contributed by atoms with Crippen LogP contribution < -0.4 is 5.32 Å². The first-order chi connectivity index (χ1) is 8.15. The van der Waals surface area contributed by atoms with Crippen molar-refractivity contribution in [3.05, 3.63) is 29.8 Å². The third kappa shape index (κ3) is 4.78. The first-order valence-corrected chi connectivity index (χ1v) is 6.68. The predicted octanol–water partition coefficient (Wildman–Crippen LogP) is 4.12. The van der Waals surface area contributed by atoms with Gasteiger partial charge < -0.3 is 10.4 Å². The van der Waals surface area contributed by atoms with E-state index in [2.05, 4.69) is 19.2 Å². The fourth-order valence-electron chi connectivity index (χ4n) is 2.03. The third-order valence-electron chi connectivity index (χ3n) is 3.05. The van der Waals surface area contributed by atoms with Crippen molar-refractivity contribution < 1.29 is 5.11 Å². The molecule has 2 unspecified atom stereocenters. The number of benzene rings is 1. The van der Waals surface area contributed by atoms with E-state index in [-0.39, 0.29) is 0 Å². The summed E-state index contributed by atoms with van der Waals surface area (Å²) >= 11 is 0. The van der Waals surface area contributed by atoms with Gasteiger partial charge in [0.25, 0.3) is 0 Å². The second-order valence-electron chi connectivity index (χ2n) is 4.80. The second-order valence-corrected chi connectivity index (χ2v) is 4.80. The molecule has 0 radical (unpaired) electrons. The summed E-state index contributed by atoms with van der Waals surface area (Å²) in [5, 5.41) is 13.2. The average molecular weight is 235 g/mol. The number of rotatable bonds is 7. The van der Waals surface area contributed by atoms with E-state index in [9.17, 15) is 5.11 Å². The lowest BCUT2D eigenvalue weighted by molar-refractivity contribution is 0.200. The molecule has 0 amide bonds. The molecule has 0 aromatic heterocycles. The summed E-state index contributed by atoms with van der Waals surface area (Å²) < 4.78 is 0. The number of aliphatic hydroxyl groups excluding tert-OH is 1. The zero-order valence-corrected chi connectivity index (χ0v) is 11.2. The number of aliphatic hydroxyl groups is 1. The Bertz CT molecular complexity index is 322. The molecule has 0 saturated carbocycles. The highest BCUT2D eigenvalue weighted by atomic mass is 16.3. The predicted molar refractivity (Wildman–Crippen MR) is 74.3 cm³/mol. The molecule has 0 fully saturated rings. The number of nitrogens with one attached hydrogen (secondary N) is 1. The molecule has 0 aliphatic carbocycles. The van der Waals surface area contributed by atoms with Crippen molar-refractivity contribution in [2.45, 2.75) is 58.6 Å². The van der Waals surface area contributed by atoms with E-state index in [0.717, 1.165) is 11.3 Å². The van der Waals surface area contributed by atoms with Crippen molar-refractivity contribution in [2.75, 3.05) is 5.32 Å². The minimum absolute atomic E-state index is 0.415. The Labute approximate surface area is 105 Å². The van der Waals surface area contributed by atoms with E-state index < -0.39 is 6.10 Å². The molecule has 1 aromatic carbocycles. The highest BCUT2D eigenvalue weighted by Crippen LogP contribution is 2.23. The molecule has 0 aliphatic rings. The van der Waals surface area contributed by atoms with Crippen molar-refractivity contribution in [3.8, 4) is 0 Å². The minimum Gasteiger partial charge on any atom is -0.389 e. The van der Waals surface area contributed by atoms with Gasteiger partial charge in [0.05, 0.1) is 6.10 Å². The maximum atomic E-state index is 9.69. The summed E-state index contributed by atoms with van der Waals surface area (Å²) in [7, 11) is 0. The maximum absolute atomic E-state index is 9.69. The number of hydrogen-bond donors (Lipinski definition) is 2. The smallest absolute Gasteiger partial charge is 0.0781 e. The first kappa shape index (κ1) is 14.0. The molecule has 2 atom stereocenters. The van der Waals surface area contributed by atoms with Gasteiger partial charge >= 0.3 is 0 Å². The Balaban J connectivity index is 2.55. The summed E-state index contributed by atoms with van der Waals surface area (Å²) in [5.74, 6) is 0. The van der Waals surface area contributed by atoms with Gasteiger partial charge in [-0.3, -0.25) is 0 Å². The summed E-state index contributed by atoms with van der Waals surface area (Å²) in [4.78, 5) is 0. The lowest BCUT2D eigenvalue weighted by Crippen LogP contribution is -2.16. The molecule has 96 valence electrons. The van der Waals surface area contributed by atoms with Crippen molar-refractivity contribution in [3.63, 3.8) is 0 Å². The van der Waals surface area contributed by atoms with Gasteiger partial charge in [0.2, 0.25) is 0 Å². The Morgan fingerprint density at radius 1 is 1.18 bits per heavy atom. The van der Waals surface area contributed by atoms with Crippen LogP contribution in [0.5, 0.6) is 0 Å². The van der Waals surface area contributed by atoms with Crippen LogP contribution in [0, 0.1) is 0 Å². The quantitative estimate of drug-likeness (QED) is 0.697. The summed E-state index contributed by atoms with van der Waals surface area (Å²) in [6.07, 6.45) is 4.59. The number of anilines is 1. The van der Waals surface area contributed by atoms with Crippen molar-refractivity contribution in [1.82, 2.24) is 0 Å². The van der Waals surface area contributed by atoms with Crippen LogP contribution in [0.15, 0.2) is 24.3 Å². The van der Waals surface area contributed by atoms with E-state index in [1.165, 1.54) is 25.7 Å². The van der Waals surface area contributed by atoms with Crippen LogP contribution in [0.4, 0.5) is 5.69 Å². The molecular formula is C15H25NO. The molecule has 2 nitrogen and oxygen atoms in total. The van der Waals surface area contributed by atoms with E-state index >= 15 is 0 Å². The van der Waals surface area contributed by atoms with Gasteiger partial charge in [0.15, 0.2) is 0 Å². The van der Waals surface area contributed by atoms with Gasteiger partial charge in [-0.15, -0.1) is 0 Å². The van der Waals surface area contributed by atoms with E-state index in [0.29, 0.717) is 6.04 Å². The molecule has 0 aliphatic heterocycles. The van der Waals surface area contributed by atoms with Crippen LogP contribution >= 0.6 is 0 Å². The van der Waals surface area contributed by atoms with Crippen molar-refractivity contribution in [2.24, 2.45) is 0 Å². The molecule has 17 heavy (non-hydrogen) atoms. The topological polar surface area (TPSA) is 32.3 Å². The van der Waals surface area contributed by atoms with E-state index in [1.54, 1.807) is 0 Å². The lowest BCUT2D eigenvalue weighted by Gasteiger charge is -2.19. The molecule has 2 N–H and O–H groups in total. The minimum atomic E-state index is -0.415. The van der Waals surface area contributed by atoms with Crippen LogP contribution in [-0.4, -0.2) is 11.1 Å². The van der Waals surface area contributed by atoms with Crippen LogP contribution in [0.3, 0.4) is 0 Å². The Morgan fingerprint density at radius 2 is 1.88 bits per heavy atom. The second kappa shape index (κ2) is 7.33. The molecular weight excluding hydrogens is 210 g/mol. The molecule has 0 spiro atoms. The molecule has 0 saturated heterocycles. The summed E-state index contributed by atoms with van der Waals surface area (Å²) in [6, 6.07) is 8.45. The van der Waals surface area contributed by atoms with Crippen LogP contribution in [-0.2, 0) is 0 Å². The van der Waals surface area contributed by atoms with Gasteiger partial charge in [-0.1, -0.05) is 44.4 Å². The molecule has 0 heterocycles. The number of para-hydroxylation sites is 1. The first-order valence-electron chi connectivity index (χ1n) is 6.68. The van der Waals surface area contributed by atoms with Crippen molar-refractivity contribution >= 4 is 5.69 Å². The van der Waals surface area contributed by atoms with Gasteiger partial charge in [0.1, 0.15) is 0 Å². The SMILES string of the molecule is CCCCCC(C)Nc1ccccc1C(C)O. The zero-order chi connectivity index (χ0) is 12.7. The van der Waals surface area contributed by atoms with Crippen LogP contribution in [0.1, 0.15) is 58.1 Å². The van der Waals surface area contributed by atoms with Gasteiger partial charge in [-0.05, 0) is 26.3 Å². The largest absolute Gasteiger partial charge is 0.389 e. The fraction of sp³-hybridized carbons (Fsp3) is 0.600. The number of hydrogen-bond acceptors (Lipinski definition) is 2. The Hall–Kier alpha value is -1.02. The van der Waals surface area contributed by atoms with Crippen molar-refractivity contribution in [1.29, 1.82) is 0 Å². The molecule has 1 rings (SSSR count). The molecule has 2 heteroatoms. The van der Waals surface area contributed by atoms with E-state index in [1.807, 2.05) is 31.2 Å². The lowest BCUT2D eigenvalue weighted by atomic mass is 10.1. The standard InChI is InChI=1S/C15H25NO/c1-4-5-6-9-12(2)16-15-11-8-7-10-14(15)13(3)17/h7-8,10-13,16-17H,4-6,9H2,1-3H3. The maximum Gasteiger partial charge on any atom is 0.0781 e. The zero-order valence-electron chi connectivity index (χ0n) is 11.2. The van der Waals surface area contributed by atoms with Gasteiger partial charge in [-0.2, -0.15) is 0 Å². The average Bonchev–Trinajstić information content (AvgIpc) is 2.29. The fourth-order valence-corrected chi connectivity index (χ4v) is 2.03. The Morgan fingerprint density at radius 3 is 2.53 bits per heavy atom. The van der Waals surface area contributed by atoms with Gasteiger partial charge in [0, 0.05) is 17.3 Å². The monoisotopic (exact) mass is 235 g/mol. The number of unbranched alkanes of at least 4 members (excludes halogenated alkanes) is 2. The molecule has 1 aromatic rings. The van der Waals surface area contributed by atoms with Crippen LogP contribution in [0.2, 0.25) is 0 Å². The third-order valence-corrected chi connectivity index (χ3v) is 3.05. The van der Waals surface area contributed by atoms with Crippen LogP contribution in [0.25, 0.3) is 0 Å². The summed E-state index contributed by atoms with van der Waals surface area (Å²) in [6.45, 7) is 6.23. The highest BCUT2D eigenvalue weighted by Gasteiger charge is 2.09. The molecule has 0 bridgehead atoms. The highest BCUT2D eigenvalue weighted by molar-refractivity contribution is 5.52. The Kier molecular flexibility index (Phi) is 6.06. The van der Waals surface area contributed by atoms with E-state index in [4.69, 9.17) is 0 Å². The van der Waals surface area contributed by atoms with Gasteiger partial charge in [-0.25, -0.2) is 0 Å². The normalized spacial score (nSPS) is 14.4.